The van der Waals surface area contributed by atoms with E-state index in [1.54, 1.807) is 34.6 Å². The topological polar surface area (TPSA) is 44.8 Å². The first-order valence-corrected chi connectivity index (χ1v) is 9.04. The molecule has 0 spiro atoms. The van der Waals surface area contributed by atoms with Crippen LogP contribution < -0.4 is 0 Å². The Morgan fingerprint density at radius 1 is 1.22 bits per heavy atom. The molecule has 2 rings (SSSR count). The second-order valence-electron chi connectivity index (χ2n) is 7.47. The van der Waals surface area contributed by atoms with Crippen molar-refractivity contribution in [2.75, 3.05) is 6.61 Å². The Morgan fingerprint density at radius 3 is 2.26 bits per heavy atom. The Kier molecular flexibility index (Phi) is 6.24. The number of carbonyl (C=O) groups is 1. The van der Waals surface area contributed by atoms with Gasteiger partial charge in [-0.15, -0.1) is 0 Å². The molecule has 0 N–H and O–H groups in total. The van der Waals surface area contributed by atoms with Crippen LogP contribution in [0.2, 0.25) is 5.02 Å². The molecule has 1 aromatic carbocycles. The fourth-order valence-electron chi connectivity index (χ4n) is 2.90. The molecule has 0 aromatic heterocycles. The minimum absolute atomic E-state index is 0.122. The molecule has 27 heavy (non-hydrogen) atoms. The molecule has 1 unspecified atom stereocenters. The standard InChI is InChI=1S/C18H23BClF3O4/c1-6-25-15(24)10-14(19-26-16(2,3)17(4,5)27-19)12-9-11(20)7-8-13(12)18(21,22)23/h7-9,14H,6,10H2,1-5H3. The molecule has 150 valence electrons. The lowest BCUT2D eigenvalue weighted by molar-refractivity contribution is -0.144. The molecule has 0 bridgehead atoms. The molecule has 1 atom stereocenters. The van der Waals surface area contributed by atoms with Crippen molar-refractivity contribution in [1.82, 2.24) is 0 Å². The third-order valence-corrected chi connectivity index (χ3v) is 5.25. The molecule has 0 saturated carbocycles. The number of carbonyl (C=O) groups excluding carboxylic acids is 1. The van der Waals surface area contributed by atoms with E-state index in [2.05, 4.69) is 0 Å². The Balaban J connectivity index is 2.52. The van der Waals surface area contributed by atoms with Gasteiger partial charge in [-0.3, -0.25) is 4.79 Å². The summed E-state index contributed by atoms with van der Waals surface area (Å²) in [6.07, 6.45) is -4.94. The predicted octanol–water partition coefficient (Wildman–Crippen LogP) is 5.03. The van der Waals surface area contributed by atoms with E-state index in [4.69, 9.17) is 25.6 Å². The molecule has 9 heteroatoms. The van der Waals surface area contributed by atoms with Gasteiger partial charge in [-0.25, -0.2) is 0 Å². The van der Waals surface area contributed by atoms with Gasteiger partial charge in [-0.2, -0.15) is 13.2 Å². The van der Waals surface area contributed by atoms with Gasteiger partial charge in [0, 0.05) is 10.8 Å². The summed E-state index contributed by atoms with van der Waals surface area (Å²) in [6, 6.07) is 3.28. The van der Waals surface area contributed by atoms with E-state index in [1.165, 1.54) is 12.1 Å². The number of halogens is 4. The zero-order valence-corrected chi connectivity index (χ0v) is 16.7. The monoisotopic (exact) mass is 406 g/mol. The SMILES string of the molecule is CCOC(=O)CC(B1OC(C)(C)C(C)(C)O1)c1cc(Cl)ccc1C(F)(F)F. The quantitative estimate of drug-likeness (QED) is 0.508. The predicted molar refractivity (Wildman–Crippen MR) is 96.5 cm³/mol. The van der Waals surface area contributed by atoms with E-state index in [0.29, 0.717) is 0 Å². The molecular formula is C18H23BClF3O4. The Morgan fingerprint density at radius 2 is 1.78 bits per heavy atom. The average Bonchev–Trinajstić information content (AvgIpc) is 2.71. The number of benzene rings is 1. The van der Waals surface area contributed by atoms with E-state index < -0.39 is 41.8 Å². The maximum atomic E-state index is 13.6. The van der Waals surface area contributed by atoms with Crippen LogP contribution in [0.4, 0.5) is 13.2 Å². The highest BCUT2D eigenvalue weighted by atomic mass is 35.5. The largest absolute Gasteiger partial charge is 0.466 e. The van der Waals surface area contributed by atoms with Crippen molar-refractivity contribution in [3.63, 3.8) is 0 Å². The molecular weight excluding hydrogens is 383 g/mol. The fourth-order valence-corrected chi connectivity index (χ4v) is 3.08. The van der Waals surface area contributed by atoms with Gasteiger partial charge in [0.1, 0.15) is 0 Å². The van der Waals surface area contributed by atoms with E-state index >= 15 is 0 Å². The first-order valence-electron chi connectivity index (χ1n) is 8.66. The number of hydrogen-bond acceptors (Lipinski definition) is 4. The van der Waals surface area contributed by atoms with Crippen LogP contribution in [0.5, 0.6) is 0 Å². The highest BCUT2D eigenvalue weighted by Crippen LogP contribution is 2.45. The van der Waals surface area contributed by atoms with Gasteiger partial charge in [0.15, 0.2) is 0 Å². The summed E-state index contributed by atoms with van der Waals surface area (Å²) in [6.45, 7) is 8.90. The molecule has 0 radical (unpaired) electrons. The lowest BCUT2D eigenvalue weighted by atomic mass is 9.65. The van der Waals surface area contributed by atoms with Crippen LogP contribution in [0, 0.1) is 0 Å². The lowest BCUT2D eigenvalue weighted by Gasteiger charge is -2.32. The molecule has 0 amide bonds. The van der Waals surface area contributed by atoms with Crippen LogP contribution >= 0.6 is 11.6 Å². The van der Waals surface area contributed by atoms with Crippen molar-refractivity contribution in [1.29, 1.82) is 0 Å². The summed E-state index contributed by atoms with van der Waals surface area (Å²) in [5, 5.41) is 0.128. The molecule has 1 aliphatic rings. The molecule has 1 aromatic rings. The third-order valence-electron chi connectivity index (χ3n) is 5.01. The summed E-state index contributed by atoms with van der Waals surface area (Å²) < 4.78 is 57.5. The smallest absolute Gasteiger partial charge is 0.466 e. The van der Waals surface area contributed by atoms with Gasteiger partial charge in [-0.05, 0) is 58.4 Å². The fraction of sp³-hybridized carbons (Fsp3) is 0.611. The van der Waals surface area contributed by atoms with Gasteiger partial charge < -0.3 is 14.0 Å². The van der Waals surface area contributed by atoms with Crippen molar-refractivity contribution in [2.24, 2.45) is 0 Å². The third kappa shape index (κ3) is 4.79. The van der Waals surface area contributed by atoms with E-state index in [-0.39, 0.29) is 23.6 Å². The summed E-state index contributed by atoms with van der Waals surface area (Å²) in [7, 11) is -1.06. The summed E-state index contributed by atoms with van der Waals surface area (Å²) in [4.78, 5) is 12.1. The van der Waals surface area contributed by atoms with Crippen LogP contribution in [0.15, 0.2) is 18.2 Å². The number of alkyl halides is 3. The van der Waals surface area contributed by atoms with Crippen LogP contribution in [0.25, 0.3) is 0 Å². The second-order valence-corrected chi connectivity index (χ2v) is 7.91. The number of esters is 1. The van der Waals surface area contributed by atoms with Crippen LogP contribution in [0.3, 0.4) is 0 Å². The van der Waals surface area contributed by atoms with Crippen molar-refractivity contribution in [3.8, 4) is 0 Å². The number of hydrogen-bond donors (Lipinski definition) is 0. The van der Waals surface area contributed by atoms with Crippen molar-refractivity contribution in [2.45, 2.75) is 64.2 Å². The molecule has 1 heterocycles. The summed E-state index contributed by atoms with van der Waals surface area (Å²) >= 11 is 5.96. The van der Waals surface area contributed by atoms with Gasteiger partial charge >= 0.3 is 19.3 Å². The number of ether oxygens (including phenoxy) is 1. The van der Waals surface area contributed by atoms with Crippen LogP contribution in [-0.4, -0.2) is 30.9 Å². The van der Waals surface area contributed by atoms with Crippen molar-refractivity contribution >= 4 is 24.7 Å². The molecule has 1 saturated heterocycles. The molecule has 4 nitrogen and oxygen atoms in total. The normalized spacial score (nSPS) is 19.8. The van der Waals surface area contributed by atoms with Gasteiger partial charge in [0.25, 0.3) is 0 Å². The zero-order chi connectivity index (χ0) is 20.6. The molecule has 0 aliphatic carbocycles. The Hall–Kier alpha value is -1.25. The van der Waals surface area contributed by atoms with Crippen molar-refractivity contribution in [3.05, 3.63) is 34.3 Å². The minimum Gasteiger partial charge on any atom is -0.466 e. The highest BCUT2D eigenvalue weighted by Gasteiger charge is 2.55. The Bertz CT molecular complexity index is 690. The van der Waals surface area contributed by atoms with E-state index in [1.807, 2.05) is 0 Å². The summed E-state index contributed by atoms with van der Waals surface area (Å²) in [5.74, 6) is -1.66. The summed E-state index contributed by atoms with van der Waals surface area (Å²) in [5.41, 5.74) is -2.55. The van der Waals surface area contributed by atoms with Gasteiger partial charge in [0.05, 0.1) is 29.8 Å². The lowest BCUT2D eigenvalue weighted by Crippen LogP contribution is -2.41. The van der Waals surface area contributed by atoms with E-state index in [9.17, 15) is 18.0 Å². The van der Waals surface area contributed by atoms with Gasteiger partial charge in [-0.1, -0.05) is 11.6 Å². The zero-order valence-electron chi connectivity index (χ0n) is 15.9. The maximum Gasteiger partial charge on any atom is 0.466 e. The van der Waals surface area contributed by atoms with Crippen molar-refractivity contribution < 1.29 is 32.0 Å². The highest BCUT2D eigenvalue weighted by molar-refractivity contribution is 6.48. The first-order chi connectivity index (χ1) is 12.3. The molecule has 1 aliphatic heterocycles. The second kappa shape index (κ2) is 7.64. The first kappa shape index (κ1) is 22.0. The molecule has 1 fully saturated rings. The van der Waals surface area contributed by atoms with Gasteiger partial charge in [0.2, 0.25) is 0 Å². The average molecular weight is 407 g/mol. The minimum atomic E-state index is -4.61. The number of rotatable bonds is 5. The van der Waals surface area contributed by atoms with Crippen LogP contribution in [-0.2, 0) is 25.0 Å². The maximum absolute atomic E-state index is 13.6. The Labute approximate surface area is 162 Å². The van der Waals surface area contributed by atoms with E-state index in [0.717, 1.165) is 6.07 Å². The van der Waals surface area contributed by atoms with Crippen LogP contribution in [0.1, 0.15) is 58.0 Å².